The molecular weight excluding hydrogens is 434 g/mol. The Morgan fingerprint density at radius 1 is 0.625 bits per heavy atom. The van der Waals surface area contributed by atoms with Crippen LogP contribution in [0.5, 0.6) is 0 Å². The van der Waals surface area contributed by atoms with E-state index >= 15 is 0 Å². The molecule has 24 heavy (non-hydrogen) atoms. The van der Waals surface area contributed by atoms with Crippen molar-refractivity contribution in [3.63, 3.8) is 0 Å². The Morgan fingerprint density at radius 3 is 1.50 bits per heavy atom. The Bertz CT molecular complexity index is 1190. The number of hydrogen-bond acceptors (Lipinski definition) is 2. The van der Waals surface area contributed by atoms with E-state index < -0.39 is 0 Å². The molecule has 0 amide bonds. The summed E-state index contributed by atoms with van der Waals surface area (Å²) in [6.07, 6.45) is 0. The molecule has 5 aromatic rings. The molecule has 0 unspecified atom stereocenters. The second-order valence-corrected chi connectivity index (χ2v) is 9.93. The zero-order valence-corrected chi connectivity index (χ0v) is 15.7. The SMILES string of the molecule is O=c1c2[nH]c3ccccc3[se]c2c(=O)c2[nH]c3ccccc3[se]c12. The molecule has 0 aliphatic carbocycles. The zero-order chi connectivity index (χ0) is 16.3. The minimum atomic E-state index is -0.159. The van der Waals surface area contributed by atoms with Crippen LogP contribution in [0.1, 0.15) is 0 Å². The third-order valence-corrected chi connectivity index (χ3v) is 8.95. The van der Waals surface area contributed by atoms with Crippen molar-refractivity contribution < 1.29 is 0 Å². The van der Waals surface area contributed by atoms with Gasteiger partial charge < -0.3 is 0 Å². The van der Waals surface area contributed by atoms with Crippen LogP contribution in [0.4, 0.5) is 0 Å². The fraction of sp³-hybridized carbons (Fsp3) is 0. The predicted molar refractivity (Wildman–Crippen MR) is 100 cm³/mol. The van der Waals surface area contributed by atoms with E-state index in [0.29, 0.717) is 19.6 Å². The van der Waals surface area contributed by atoms with E-state index in [1.165, 1.54) is 0 Å². The van der Waals surface area contributed by atoms with Crippen molar-refractivity contribution in [2.75, 3.05) is 0 Å². The molecular formula is C18H10N2O2Se2. The van der Waals surface area contributed by atoms with Crippen LogP contribution >= 0.6 is 0 Å². The van der Waals surface area contributed by atoms with Gasteiger partial charge in [-0.2, -0.15) is 0 Å². The van der Waals surface area contributed by atoms with E-state index in [9.17, 15) is 9.59 Å². The number of benzene rings is 3. The average molecular weight is 444 g/mol. The fourth-order valence-electron chi connectivity index (χ4n) is 2.89. The molecule has 0 aliphatic rings. The third-order valence-electron chi connectivity index (χ3n) is 4.04. The van der Waals surface area contributed by atoms with Crippen molar-refractivity contribution in [3.05, 3.63) is 69.0 Å². The molecule has 3 aromatic carbocycles. The molecule has 0 saturated carbocycles. The van der Waals surface area contributed by atoms with Crippen molar-refractivity contribution in [2.45, 2.75) is 0 Å². The zero-order valence-electron chi connectivity index (χ0n) is 12.3. The molecule has 0 radical (unpaired) electrons. The molecule has 0 aliphatic heterocycles. The molecule has 116 valence electrons. The summed E-state index contributed by atoms with van der Waals surface area (Å²) >= 11 is -0.317. The third kappa shape index (κ3) is 1.98. The predicted octanol–water partition coefficient (Wildman–Crippen LogP) is 2.35. The van der Waals surface area contributed by atoms with Crippen LogP contribution in [0.15, 0.2) is 58.1 Å². The van der Waals surface area contributed by atoms with Gasteiger partial charge in [0.1, 0.15) is 0 Å². The molecule has 0 atom stereocenters. The van der Waals surface area contributed by atoms with E-state index in [2.05, 4.69) is 9.97 Å². The molecule has 4 nitrogen and oxygen atoms in total. The van der Waals surface area contributed by atoms with Gasteiger partial charge in [0.05, 0.1) is 0 Å². The summed E-state index contributed by atoms with van der Waals surface area (Å²) in [5, 5.41) is 0. The van der Waals surface area contributed by atoms with E-state index in [1.54, 1.807) is 0 Å². The fourth-order valence-corrected chi connectivity index (χ4v) is 7.24. The second-order valence-electron chi connectivity index (χ2n) is 5.51. The van der Waals surface area contributed by atoms with Crippen molar-refractivity contribution >= 4 is 68.1 Å². The molecule has 5 rings (SSSR count). The molecule has 2 N–H and O–H groups in total. The Hall–Kier alpha value is -2.10. The number of hydrogen-bond donors (Lipinski definition) is 2. The van der Waals surface area contributed by atoms with Crippen molar-refractivity contribution in [1.82, 2.24) is 9.97 Å². The standard InChI is InChI=1S/C18H10N2O2Se2/c21-15-13-17(23-11-7-3-1-5-9(11)19-13)16(22)14-18(15)24-12-8-4-2-6-10(12)20-14/h1-8,19-20H. The maximum absolute atomic E-state index is 13.0. The first kappa shape index (κ1) is 14.3. The van der Waals surface area contributed by atoms with Gasteiger partial charge in [0, 0.05) is 0 Å². The quantitative estimate of drug-likeness (QED) is 0.285. The number of aromatic nitrogens is 2. The van der Waals surface area contributed by atoms with E-state index in [1.807, 2.05) is 48.5 Å². The average Bonchev–Trinajstić information content (AvgIpc) is 2.64. The summed E-state index contributed by atoms with van der Waals surface area (Å²) < 4.78 is 3.48. The number of rotatable bonds is 0. The number of nitrogens with one attached hydrogen (secondary N) is 2. The Morgan fingerprint density at radius 2 is 1.04 bits per heavy atom. The summed E-state index contributed by atoms with van der Waals surface area (Å²) in [7, 11) is 0. The Balaban J connectivity index is 2.09. The first-order valence-electron chi connectivity index (χ1n) is 7.38. The van der Waals surface area contributed by atoms with Crippen LogP contribution in [0, 0.1) is 0 Å². The summed E-state index contributed by atoms with van der Waals surface area (Å²) in [4.78, 5) is 32.4. The van der Waals surface area contributed by atoms with Gasteiger partial charge in [0.15, 0.2) is 0 Å². The Labute approximate surface area is 146 Å². The molecule has 6 heteroatoms. The van der Waals surface area contributed by atoms with E-state index in [0.717, 1.165) is 19.6 Å². The molecule has 0 spiro atoms. The van der Waals surface area contributed by atoms with Crippen molar-refractivity contribution in [1.29, 1.82) is 0 Å². The van der Waals surface area contributed by atoms with Crippen LogP contribution in [0.25, 0.3) is 39.1 Å². The van der Waals surface area contributed by atoms with E-state index in [-0.39, 0.29) is 39.9 Å². The van der Waals surface area contributed by atoms with Gasteiger partial charge in [-0.05, 0) is 0 Å². The van der Waals surface area contributed by atoms with Crippen LogP contribution in [0.2, 0.25) is 0 Å². The van der Waals surface area contributed by atoms with Crippen LogP contribution in [-0.2, 0) is 0 Å². The van der Waals surface area contributed by atoms with Crippen molar-refractivity contribution in [2.24, 2.45) is 0 Å². The topological polar surface area (TPSA) is 65.7 Å². The summed E-state index contributed by atoms with van der Waals surface area (Å²) in [6, 6.07) is 15.8. The number of H-pyrrole nitrogens is 2. The first-order chi connectivity index (χ1) is 11.7. The van der Waals surface area contributed by atoms with E-state index in [4.69, 9.17) is 0 Å². The maximum atomic E-state index is 13.0. The number of aromatic amines is 2. The van der Waals surface area contributed by atoms with Crippen molar-refractivity contribution in [3.8, 4) is 0 Å². The monoisotopic (exact) mass is 446 g/mol. The van der Waals surface area contributed by atoms with Gasteiger partial charge in [-0.1, -0.05) is 0 Å². The van der Waals surface area contributed by atoms with Gasteiger partial charge in [-0.25, -0.2) is 0 Å². The summed E-state index contributed by atoms with van der Waals surface area (Å²) in [6.45, 7) is 0. The first-order valence-corrected chi connectivity index (χ1v) is 10.8. The number of para-hydroxylation sites is 2. The molecule has 0 saturated heterocycles. The summed E-state index contributed by atoms with van der Waals surface area (Å²) in [5.74, 6) is 0. The van der Waals surface area contributed by atoms with Gasteiger partial charge in [-0.3, -0.25) is 0 Å². The molecule has 2 aromatic heterocycles. The second kappa shape index (κ2) is 5.20. The van der Waals surface area contributed by atoms with Gasteiger partial charge in [0.2, 0.25) is 0 Å². The van der Waals surface area contributed by atoms with Gasteiger partial charge in [-0.15, -0.1) is 0 Å². The van der Waals surface area contributed by atoms with Gasteiger partial charge >= 0.3 is 147 Å². The van der Waals surface area contributed by atoms with Gasteiger partial charge in [0.25, 0.3) is 0 Å². The normalized spacial score (nSPS) is 11.7. The van der Waals surface area contributed by atoms with Crippen LogP contribution in [0.3, 0.4) is 0 Å². The minimum absolute atomic E-state index is 0.0296. The molecule has 2 heterocycles. The molecule has 0 bridgehead atoms. The van der Waals surface area contributed by atoms with Crippen LogP contribution < -0.4 is 10.9 Å². The van der Waals surface area contributed by atoms with Crippen LogP contribution in [-0.4, -0.2) is 39.0 Å². The summed E-state index contributed by atoms with van der Waals surface area (Å²) in [5.41, 5.74) is 2.80. The molecule has 0 fully saturated rings. The number of fused-ring (bicyclic) bond motifs is 4. The Kier molecular flexibility index (Phi) is 3.09.